The van der Waals surface area contributed by atoms with Crippen molar-refractivity contribution in [2.24, 2.45) is 0 Å². The van der Waals surface area contributed by atoms with Gasteiger partial charge in [0, 0.05) is 23.7 Å². The Morgan fingerprint density at radius 3 is 2.59 bits per heavy atom. The van der Waals surface area contributed by atoms with E-state index in [1.165, 1.54) is 6.07 Å². The molecule has 22 heavy (non-hydrogen) atoms. The Hall–Kier alpha value is -2.12. The van der Waals surface area contributed by atoms with E-state index in [-0.39, 0.29) is 23.3 Å². The predicted molar refractivity (Wildman–Crippen MR) is 72.6 cm³/mol. The highest BCUT2D eigenvalue weighted by atomic mass is 19.4. The number of rotatable bonds is 3. The van der Waals surface area contributed by atoms with E-state index in [9.17, 15) is 18.0 Å². The molecule has 1 amide bonds. The summed E-state index contributed by atoms with van der Waals surface area (Å²) in [7, 11) is 0. The van der Waals surface area contributed by atoms with Crippen LogP contribution < -0.4 is 5.32 Å². The first-order chi connectivity index (χ1) is 10.3. The van der Waals surface area contributed by atoms with Crippen molar-refractivity contribution in [2.75, 3.05) is 0 Å². The first-order valence-corrected chi connectivity index (χ1v) is 7.04. The molecule has 1 aliphatic rings. The maximum Gasteiger partial charge on any atom is 0.433 e. The number of nitrogens with zero attached hydrogens (tertiary/aromatic N) is 3. The van der Waals surface area contributed by atoms with Crippen LogP contribution in [-0.2, 0) is 6.18 Å². The first kappa shape index (κ1) is 14.8. The van der Waals surface area contributed by atoms with Crippen LogP contribution in [0.5, 0.6) is 0 Å². The molecular formula is C14H15F3N4O. The molecule has 0 aliphatic heterocycles. The van der Waals surface area contributed by atoms with Gasteiger partial charge in [0.25, 0.3) is 5.91 Å². The van der Waals surface area contributed by atoms with Gasteiger partial charge >= 0.3 is 6.18 Å². The Morgan fingerprint density at radius 1 is 1.36 bits per heavy atom. The summed E-state index contributed by atoms with van der Waals surface area (Å²) in [5.41, 5.74) is -0.510. The summed E-state index contributed by atoms with van der Waals surface area (Å²) >= 11 is 0. The monoisotopic (exact) mass is 312 g/mol. The third-order valence-electron chi connectivity index (χ3n) is 3.39. The summed E-state index contributed by atoms with van der Waals surface area (Å²) in [4.78, 5) is 16.1. The van der Waals surface area contributed by atoms with Crippen LogP contribution in [0.4, 0.5) is 13.2 Å². The summed E-state index contributed by atoms with van der Waals surface area (Å²) in [6, 6.07) is 2.19. The van der Waals surface area contributed by atoms with Crippen LogP contribution >= 0.6 is 0 Å². The quantitative estimate of drug-likeness (QED) is 0.948. The SMILES string of the molecule is CC(C)NC(=O)c1cc2nc(C3CC3)cc(C(F)(F)F)n2n1. The van der Waals surface area contributed by atoms with E-state index in [2.05, 4.69) is 15.4 Å². The summed E-state index contributed by atoms with van der Waals surface area (Å²) in [6.45, 7) is 3.52. The number of amides is 1. The highest BCUT2D eigenvalue weighted by molar-refractivity contribution is 5.93. The molecule has 1 N–H and O–H groups in total. The zero-order valence-corrected chi connectivity index (χ0v) is 12.1. The summed E-state index contributed by atoms with van der Waals surface area (Å²) < 4.78 is 40.3. The van der Waals surface area contributed by atoms with Crippen LogP contribution in [-0.4, -0.2) is 26.5 Å². The van der Waals surface area contributed by atoms with Gasteiger partial charge in [-0.3, -0.25) is 4.79 Å². The number of aromatic nitrogens is 3. The lowest BCUT2D eigenvalue weighted by Gasteiger charge is -2.10. The number of hydrogen-bond acceptors (Lipinski definition) is 3. The molecular weight excluding hydrogens is 297 g/mol. The molecule has 0 aromatic carbocycles. The lowest BCUT2D eigenvalue weighted by atomic mass is 10.2. The average Bonchev–Trinajstić information content (AvgIpc) is 3.14. The second-order valence-corrected chi connectivity index (χ2v) is 5.77. The fraction of sp³-hybridized carbons (Fsp3) is 0.500. The molecule has 3 rings (SSSR count). The third-order valence-corrected chi connectivity index (χ3v) is 3.39. The molecule has 0 unspecified atom stereocenters. The van der Waals surface area contributed by atoms with E-state index in [0.717, 1.165) is 18.9 Å². The normalized spacial score (nSPS) is 15.5. The van der Waals surface area contributed by atoms with E-state index >= 15 is 0 Å². The molecule has 2 aromatic heterocycles. The van der Waals surface area contributed by atoms with Crippen molar-refractivity contribution in [1.29, 1.82) is 0 Å². The average molecular weight is 312 g/mol. The van der Waals surface area contributed by atoms with Gasteiger partial charge in [-0.05, 0) is 32.8 Å². The van der Waals surface area contributed by atoms with Crippen molar-refractivity contribution in [3.05, 3.63) is 29.2 Å². The van der Waals surface area contributed by atoms with Crippen molar-refractivity contribution in [3.8, 4) is 0 Å². The molecule has 118 valence electrons. The molecule has 0 saturated heterocycles. The van der Waals surface area contributed by atoms with Crippen LogP contribution in [0.15, 0.2) is 12.1 Å². The fourth-order valence-corrected chi connectivity index (χ4v) is 2.23. The number of nitrogens with one attached hydrogen (secondary N) is 1. The lowest BCUT2D eigenvalue weighted by Crippen LogP contribution is -2.30. The zero-order chi connectivity index (χ0) is 16.1. The highest BCUT2D eigenvalue weighted by Crippen LogP contribution is 2.41. The Kier molecular flexibility index (Phi) is 3.34. The Bertz CT molecular complexity index is 731. The van der Waals surface area contributed by atoms with Crippen LogP contribution in [0.3, 0.4) is 0 Å². The maximum atomic E-state index is 13.2. The minimum Gasteiger partial charge on any atom is -0.348 e. The van der Waals surface area contributed by atoms with Crippen LogP contribution in [0, 0.1) is 0 Å². The van der Waals surface area contributed by atoms with Crippen molar-refractivity contribution in [2.45, 2.75) is 44.8 Å². The van der Waals surface area contributed by atoms with E-state index in [1.807, 2.05) is 0 Å². The van der Waals surface area contributed by atoms with Gasteiger partial charge in [0.15, 0.2) is 11.3 Å². The molecule has 1 saturated carbocycles. The second-order valence-electron chi connectivity index (χ2n) is 5.77. The Labute approximate surface area is 124 Å². The number of fused-ring (bicyclic) bond motifs is 1. The van der Waals surface area contributed by atoms with Crippen LogP contribution in [0.1, 0.15) is 54.5 Å². The molecule has 5 nitrogen and oxygen atoms in total. The van der Waals surface area contributed by atoms with Crippen molar-refractivity contribution in [3.63, 3.8) is 0 Å². The van der Waals surface area contributed by atoms with Crippen molar-refractivity contribution in [1.82, 2.24) is 19.9 Å². The number of halogens is 3. The van der Waals surface area contributed by atoms with Gasteiger partial charge in [-0.15, -0.1) is 0 Å². The standard InChI is InChI=1S/C14H15F3N4O/c1-7(2)18-13(22)10-6-12-19-9(8-3-4-8)5-11(14(15,16)17)21(12)20-10/h5-8H,3-4H2,1-2H3,(H,18,22). The molecule has 2 heterocycles. The molecule has 0 bridgehead atoms. The summed E-state index contributed by atoms with van der Waals surface area (Å²) in [5.74, 6) is -0.435. The lowest BCUT2D eigenvalue weighted by molar-refractivity contribution is -0.142. The Balaban J connectivity index is 2.11. The third kappa shape index (κ3) is 2.77. The molecule has 1 fully saturated rings. The largest absolute Gasteiger partial charge is 0.433 e. The Morgan fingerprint density at radius 2 is 2.05 bits per heavy atom. The summed E-state index contributed by atoms with van der Waals surface area (Å²) in [6.07, 6.45) is -2.87. The molecule has 2 aromatic rings. The van der Waals surface area contributed by atoms with E-state index in [4.69, 9.17) is 0 Å². The van der Waals surface area contributed by atoms with Gasteiger partial charge in [0.05, 0.1) is 0 Å². The van der Waals surface area contributed by atoms with Gasteiger partial charge < -0.3 is 5.32 Å². The molecule has 8 heteroatoms. The van der Waals surface area contributed by atoms with Gasteiger partial charge in [0.2, 0.25) is 0 Å². The van der Waals surface area contributed by atoms with E-state index in [0.29, 0.717) is 10.2 Å². The van der Waals surface area contributed by atoms with Crippen LogP contribution in [0.25, 0.3) is 5.65 Å². The number of hydrogen-bond donors (Lipinski definition) is 1. The number of carbonyl (C=O) groups is 1. The second kappa shape index (κ2) is 4.96. The topological polar surface area (TPSA) is 59.3 Å². The zero-order valence-electron chi connectivity index (χ0n) is 12.1. The van der Waals surface area contributed by atoms with Gasteiger partial charge in [-0.2, -0.15) is 18.3 Å². The first-order valence-electron chi connectivity index (χ1n) is 7.04. The molecule has 1 aliphatic carbocycles. The highest BCUT2D eigenvalue weighted by Gasteiger charge is 2.37. The smallest absolute Gasteiger partial charge is 0.348 e. The minimum atomic E-state index is -4.55. The number of carbonyl (C=O) groups excluding carboxylic acids is 1. The molecule has 0 atom stereocenters. The maximum absolute atomic E-state index is 13.2. The van der Waals surface area contributed by atoms with Crippen LogP contribution in [0.2, 0.25) is 0 Å². The van der Waals surface area contributed by atoms with Gasteiger partial charge in [-0.1, -0.05) is 0 Å². The number of alkyl halides is 3. The minimum absolute atomic E-state index is 0.0469. The van der Waals surface area contributed by atoms with Crippen molar-refractivity contribution >= 4 is 11.6 Å². The molecule has 0 radical (unpaired) electrons. The van der Waals surface area contributed by atoms with E-state index in [1.54, 1.807) is 13.8 Å². The van der Waals surface area contributed by atoms with Gasteiger partial charge in [0.1, 0.15) is 5.69 Å². The van der Waals surface area contributed by atoms with Gasteiger partial charge in [-0.25, -0.2) is 9.50 Å². The summed E-state index contributed by atoms with van der Waals surface area (Å²) in [5, 5.41) is 6.38. The molecule has 0 spiro atoms. The van der Waals surface area contributed by atoms with Crippen molar-refractivity contribution < 1.29 is 18.0 Å². The fourth-order valence-electron chi connectivity index (χ4n) is 2.23. The predicted octanol–water partition coefficient (Wildman–Crippen LogP) is 2.76. The van der Waals surface area contributed by atoms with E-state index < -0.39 is 17.8 Å².